The van der Waals surface area contributed by atoms with E-state index in [1.54, 1.807) is 0 Å². The Kier molecular flexibility index (Phi) is 2.29. The minimum absolute atomic E-state index is 0.248. The van der Waals surface area contributed by atoms with Crippen LogP contribution in [0.4, 0.5) is 0 Å². The molecule has 0 amide bonds. The lowest BCUT2D eigenvalue weighted by Gasteiger charge is -2.31. The summed E-state index contributed by atoms with van der Waals surface area (Å²) in [5.41, 5.74) is 3.81. The number of aliphatic hydroxyl groups excluding tert-OH is 2. The second-order valence-corrected chi connectivity index (χ2v) is 6.36. The third kappa shape index (κ3) is 1.56. The number of rotatable bonds is 0. The van der Waals surface area contributed by atoms with Gasteiger partial charge in [-0.15, -0.1) is 0 Å². The van der Waals surface area contributed by atoms with Crippen LogP contribution in [0, 0.1) is 0 Å². The van der Waals surface area contributed by atoms with Crippen molar-refractivity contribution >= 4 is 0 Å². The normalized spacial score (nSPS) is 38.8. The quantitative estimate of drug-likeness (QED) is 0.690. The molecule has 5 nitrogen and oxygen atoms in total. The van der Waals surface area contributed by atoms with Crippen LogP contribution in [-0.2, 0) is 6.54 Å². The van der Waals surface area contributed by atoms with Gasteiger partial charge in [0.1, 0.15) is 0 Å². The molecule has 5 rings (SSSR count). The summed E-state index contributed by atoms with van der Waals surface area (Å²) in [6.45, 7) is 2.12. The van der Waals surface area contributed by atoms with E-state index < -0.39 is 12.2 Å². The predicted octanol–water partition coefficient (Wildman–Crippen LogP) is 0.749. The highest BCUT2D eigenvalue weighted by Crippen LogP contribution is 2.49. The van der Waals surface area contributed by atoms with Gasteiger partial charge >= 0.3 is 0 Å². The SMILES string of the molecule is O[C@H]1C=C2C(C[C@@H]1O)N1Cc3cc4c(cc3[C@H]2C1)OCO4. The largest absolute Gasteiger partial charge is 0.454 e. The van der Waals surface area contributed by atoms with Gasteiger partial charge in [-0.2, -0.15) is 0 Å². The lowest BCUT2D eigenvalue weighted by molar-refractivity contribution is 0.0208. The van der Waals surface area contributed by atoms with Gasteiger partial charge in [0.05, 0.1) is 12.2 Å². The second kappa shape index (κ2) is 4.00. The molecule has 2 unspecified atom stereocenters. The van der Waals surface area contributed by atoms with Crippen molar-refractivity contribution in [3.8, 4) is 11.5 Å². The molecule has 1 aliphatic carbocycles. The molecule has 0 aromatic heterocycles. The highest BCUT2D eigenvalue weighted by Gasteiger charge is 2.46. The van der Waals surface area contributed by atoms with Crippen molar-refractivity contribution in [2.24, 2.45) is 0 Å². The Balaban J connectivity index is 1.63. The van der Waals surface area contributed by atoms with E-state index in [0.717, 1.165) is 24.6 Å². The molecule has 2 bridgehead atoms. The van der Waals surface area contributed by atoms with Gasteiger partial charge in [0.25, 0.3) is 0 Å². The Morgan fingerprint density at radius 3 is 2.81 bits per heavy atom. The van der Waals surface area contributed by atoms with Gasteiger partial charge in [-0.05, 0) is 35.3 Å². The van der Waals surface area contributed by atoms with E-state index in [0.29, 0.717) is 19.1 Å². The Labute approximate surface area is 122 Å². The van der Waals surface area contributed by atoms with Crippen LogP contribution in [0.3, 0.4) is 0 Å². The predicted molar refractivity (Wildman–Crippen MR) is 74.2 cm³/mol. The van der Waals surface area contributed by atoms with Crippen LogP contribution in [-0.4, -0.2) is 46.7 Å². The smallest absolute Gasteiger partial charge is 0.231 e. The van der Waals surface area contributed by atoms with Crippen molar-refractivity contribution in [2.45, 2.75) is 37.1 Å². The van der Waals surface area contributed by atoms with Crippen molar-refractivity contribution in [3.05, 3.63) is 34.9 Å². The van der Waals surface area contributed by atoms with Crippen LogP contribution in [0.2, 0.25) is 0 Å². The summed E-state index contributed by atoms with van der Waals surface area (Å²) in [6.07, 6.45) is 1.08. The minimum Gasteiger partial charge on any atom is -0.454 e. The second-order valence-electron chi connectivity index (χ2n) is 6.36. The van der Waals surface area contributed by atoms with Gasteiger partial charge in [0.2, 0.25) is 6.79 Å². The molecule has 1 fully saturated rings. The lowest BCUT2D eigenvalue weighted by Crippen LogP contribution is -2.39. The number of aliphatic hydroxyl groups is 2. The van der Waals surface area contributed by atoms with Crippen LogP contribution in [0.5, 0.6) is 11.5 Å². The third-order valence-electron chi connectivity index (χ3n) is 5.25. The molecule has 2 N–H and O–H groups in total. The van der Waals surface area contributed by atoms with Crippen LogP contribution in [0.25, 0.3) is 0 Å². The first kappa shape index (κ1) is 12.0. The van der Waals surface area contributed by atoms with Gasteiger partial charge < -0.3 is 19.7 Å². The zero-order valence-corrected chi connectivity index (χ0v) is 11.5. The summed E-state index contributed by atoms with van der Waals surface area (Å²) in [5, 5.41) is 19.9. The van der Waals surface area contributed by atoms with Gasteiger partial charge in [0.15, 0.2) is 11.5 Å². The van der Waals surface area contributed by atoms with Gasteiger partial charge in [0, 0.05) is 25.0 Å². The fourth-order valence-electron chi connectivity index (χ4n) is 4.23. The molecule has 3 heterocycles. The summed E-state index contributed by atoms with van der Waals surface area (Å²) in [4.78, 5) is 2.40. The van der Waals surface area contributed by atoms with Crippen molar-refractivity contribution < 1.29 is 19.7 Å². The van der Waals surface area contributed by atoms with Crippen LogP contribution in [0.15, 0.2) is 23.8 Å². The fourth-order valence-corrected chi connectivity index (χ4v) is 4.23. The standard InChI is InChI=1S/C16H17NO4/c18-13-2-10-11-6-17(12(10)4-14(13)19)5-8-1-15-16(3-9(8)11)21-7-20-15/h1-3,11-14,18-19H,4-7H2/t11-,12?,13+,14+/m1/s1. The van der Waals surface area contributed by atoms with Gasteiger partial charge in [-0.25, -0.2) is 0 Å². The molecule has 1 aromatic carbocycles. The molecule has 4 aliphatic rings. The maximum absolute atomic E-state index is 9.96. The zero-order chi connectivity index (χ0) is 14.1. The Morgan fingerprint density at radius 1 is 1.14 bits per heavy atom. The molecule has 1 saturated heterocycles. The number of ether oxygens (including phenoxy) is 2. The van der Waals surface area contributed by atoms with E-state index in [9.17, 15) is 10.2 Å². The summed E-state index contributed by atoms with van der Waals surface area (Å²) >= 11 is 0. The number of nitrogens with zero attached hydrogens (tertiary/aromatic N) is 1. The maximum Gasteiger partial charge on any atom is 0.231 e. The molecule has 0 saturated carbocycles. The van der Waals surface area contributed by atoms with E-state index in [4.69, 9.17) is 9.47 Å². The van der Waals surface area contributed by atoms with Crippen LogP contribution < -0.4 is 9.47 Å². The van der Waals surface area contributed by atoms with E-state index in [2.05, 4.69) is 17.0 Å². The average molecular weight is 287 g/mol. The van der Waals surface area contributed by atoms with Crippen LogP contribution in [0.1, 0.15) is 23.5 Å². The third-order valence-corrected chi connectivity index (χ3v) is 5.25. The highest BCUT2D eigenvalue weighted by atomic mass is 16.7. The van der Waals surface area contributed by atoms with E-state index >= 15 is 0 Å². The molecular formula is C16H17NO4. The molecular weight excluding hydrogens is 270 g/mol. The molecule has 1 aromatic rings. The molecule has 0 radical (unpaired) electrons. The summed E-state index contributed by atoms with van der Waals surface area (Å²) < 4.78 is 11.0. The number of benzene rings is 1. The first-order valence-electron chi connectivity index (χ1n) is 7.45. The van der Waals surface area contributed by atoms with Crippen molar-refractivity contribution in [1.29, 1.82) is 0 Å². The lowest BCUT2D eigenvalue weighted by atomic mass is 9.82. The van der Waals surface area contributed by atoms with Gasteiger partial charge in [-0.1, -0.05) is 6.08 Å². The first-order chi connectivity index (χ1) is 10.2. The Bertz CT molecular complexity index is 656. The number of hydrogen-bond donors (Lipinski definition) is 2. The number of fused-ring (bicyclic) bond motifs is 8. The summed E-state index contributed by atoms with van der Waals surface area (Å²) in [7, 11) is 0. The molecule has 21 heavy (non-hydrogen) atoms. The number of hydrogen-bond acceptors (Lipinski definition) is 5. The Morgan fingerprint density at radius 2 is 1.95 bits per heavy atom. The molecule has 5 heteroatoms. The monoisotopic (exact) mass is 287 g/mol. The van der Waals surface area contributed by atoms with E-state index in [1.807, 2.05) is 6.08 Å². The zero-order valence-electron chi connectivity index (χ0n) is 11.5. The van der Waals surface area contributed by atoms with Crippen molar-refractivity contribution in [1.82, 2.24) is 4.90 Å². The fraction of sp³-hybridized carbons (Fsp3) is 0.500. The Hall–Kier alpha value is -1.56. The maximum atomic E-state index is 9.96. The molecule has 110 valence electrons. The van der Waals surface area contributed by atoms with E-state index in [1.165, 1.54) is 16.7 Å². The molecule has 5 atom stereocenters. The summed E-state index contributed by atoms with van der Waals surface area (Å²) in [6, 6.07) is 4.43. The topological polar surface area (TPSA) is 62.2 Å². The molecule has 3 aliphatic heterocycles. The summed E-state index contributed by atoms with van der Waals surface area (Å²) in [5.74, 6) is 1.95. The van der Waals surface area contributed by atoms with E-state index in [-0.39, 0.29) is 6.04 Å². The van der Waals surface area contributed by atoms with Gasteiger partial charge in [-0.3, -0.25) is 4.90 Å². The van der Waals surface area contributed by atoms with Crippen molar-refractivity contribution in [2.75, 3.05) is 13.3 Å². The molecule has 0 spiro atoms. The highest BCUT2D eigenvalue weighted by molar-refractivity contribution is 5.54. The average Bonchev–Trinajstić information content (AvgIpc) is 3.03. The van der Waals surface area contributed by atoms with Crippen molar-refractivity contribution in [3.63, 3.8) is 0 Å². The van der Waals surface area contributed by atoms with Crippen LogP contribution >= 0.6 is 0 Å². The first-order valence-corrected chi connectivity index (χ1v) is 7.45. The minimum atomic E-state index is -0.741.